The quantitative estimate of drug-likeness (QED) is 0.611. The molecule has 0 aliphatic carbocycles. The summed E-state index contributed by atoms with van der Waals surface area (Å²) in [5.41, 5.74) is 1.45. The van der Waals surface area contributed by atoms with Crippen LogP contribution >= 0.6 is 11.6 Å². The molecule has 1 heterocycles. The van der Waals surface area contributed by atoms with Crippen LogP contribution in [0.3, 0.4) is 0 Å². The number of urea groups is 1. The molecule has 1 saturated heterocycles. The Morgan fingerprint density at radius 3 is 2.62 bits per heavy atom. The van der Waals surface area contributed by atoms with Crippen LogP contribution in [-0.2, 0) is 11.4 Å². The van der Waals surface area contributed by atoms with Crippen molar-refractivity contribution in [3.63, 3.8) is 0 Å². The minimum Gasteiger partial charge on any atom is -0.545 e. The predicted octanol–water partition coefficient (Wildman–Crippen LogP) is 1.46. The average Bonchev–Trinajstić information content (AvgIpc) is 2.91. The number of carbonyl (C=O) groups is 3. The first-order valence-electron chi connectivity index (χ1n) is 7.49. The summed E-state index contributed by atoms with van der Waals surface area (Å²) in [7, 11) is 0. The summed E-state index contributed by atoms with van der Waals surface area (Å²) < 4.78 is 5.61. The van der Waals surface area contributed by atoms with E-state index in [9.17, 15) is 19.5 Å². The number of halogens is 1. The maximum atomic E-state index is 11.5. The second kappa shape index (κ2) is 7.28. The van der Waals surface area contributed by atoms with Crippen molar-refractivity contribution >= 4 is 35.6 Å². The van der Waals surface area contributed by atoms with Gasteiger partial charge < -0.3 is 20.0 Å². The molecule has 3 rings (SSSR count). The van der Waals surface area contributed by atoms with Crippen LogP contribution in [0.5, 0.6) is 5.75 Å². The van der Waals surface area contributed by atoms with Gasteiger partial charge in [0.15, 0.2) is 0 Å². The molecular weight excluding hydrogens is 360 g/mol. The Morgan fingerprint density at radius 1 is 1.15 bits per heavy atom. The van der Waals surface area contributed by atoms with Gasteiger partial charge in [-0.25, -0.2) is 4.79 Å². The van der Waals surface area contributed by atoms with E-state index in [1.165, 1.54) is 18.2 Å². The van der Waals surface area contributed by atoms with Crippen molar-refractivity contribution in [3.05, 3.63) is 69.9 Å². The third kappa shape index (κ3) is 4.01. The summed E-state index contributed by atoms with van der Waals surface area (Å²) in [6.45, 7) is 0.125. The first kappa shape index (κ1) is 17.5. The van der Waals surface area contributed by atoms with E-state index in [1.54, 1.807) is 30.3 Å². The van der Waals surface area contributed by atoms with Crippen LogP contribution in [0, 0.1) is 0 Å². The highest BCUT2D eigenvalue weighted by atomic mass is 35.5. The third-order valence-electron chi connectivity index (χ3n) is 3.54. The molecule has 0 bridgehead atoms. The largest absolute Gasteiger partial charge is 0.545 e. The average molecular weight is 372 g/mol. The number of benzene rings is 2. The van der Waals surface area contributed by atoms with Crippen molar-refractivity contribution in [1.29, 1.82) is 0 Å². The van der Waals surface area contributed by atoms with Gasteiger partial charge in [0, 0.05) is 0 Å². The van der Waals surface area contributed by atoms with Crippen molar-refractivity contribution in [1.82, 2.24) is 10.6 Å². The van der Waals surface area contributed by atoms with Crippen molar-refractivity contribution in [2.24, 2.45) is 0 Å². The van der Waals surface area contributed by atoms with E-state index in [0.29, 0.717) is 21.9 Å². The topological polar surface area (TPSA) is 108 Å². The zero-order valence-corrected chi connectivity index (χ0v) is 14.0. The molecule has 2 aromatic rings. The number of rotatable bonds is 5. The molecule has 2 N–H and O–H groups in total. The lowest BCUT2D eigenvalue weighted by atomic mass is 10.1. The smallest absolute Gasteiger partial charge is 0.326 e. The van der Waals surface area contributed by atoms with Crippen LogP contribution in [0.25, 0.3) is 6.08 Å². The molecule has 0 spiro atoms. The highest BCUT2D eigenvalue weighted by Gasteiger charge is 2.22. The summed E-state index contributed by atoms with van der Waals surface area (Å²) in [6.07, 6.45) is 1.49. The monoisotopic (exact) mass is 371 g/mol. The summed E-state index contributed by atoms with van der Waals surface area (Å²) in [6, 6.07) is 10.5. The number of ether oxygens (including phenoxy) is 1. The van der Waals surface area contributed by atoms with Crippen LogP contribution < -0.4 is 20.5 Å². The number of amides is 3. The van der Waals surface area contributed by atoms with Gasteiger partial charge >= 0.3 is 6.03 Å². The summed E-state index contributed by atoms with van der Waals surface area (Å²) in [5, 5.41) is 15.7. The second-order valence-electron chi connectivity index (χ2n) is 5.43. The van der Waals surface area contributed by atoms with E-state index >= 15 is 0 Å². The van der Waals surface area contributed by atoms with Gasteiger partial charge in [0.1, 0.15) is 18.1 Å². The molecule has 1 aliphatic rings. The lowest BCUT2D eigenvalue weighted by molar-refractivity contribution is -0.255. The number of hydrogen-bond acceptors (Lipinski definition) is 5. The minimum atomic E-state index is -1.26. The number of aromatic carboxylic acids is 1. The second-order valence-corrected chi connectivity index (χ2v) is 5.84. The Labute approximate surface area is 153 Å². The van der Waals surface area contributed by atoms with Gasteiger partial charge in [0.05, 0.1) is 11.0 Å². The van der Waals surface area contributed by atoms with Gasteiger partial charge in [0.2, 0.25) is 0 Å². The number of nitrogens with one attached hydrogen (secondary N) is 2. The number of hydrogen-bond donors (Lipinski definition) is 2. The maximum absolute atomic E-state index is 11.5. The molecule has 8 heteroatoms. The van der Waals surface area contributed by atoms with Gasteiger partial charge in [-0.1, -0.05) is 35.9 Å². The number of carboxylic acid groups (broad SMARTS) is 1. The van der Waals surface area contributed by atoms with Gasteiger partial charge in [-0.15, -0.1) is 0 Å². The Kier molecular flexibility index (Phi) is 4.90. The van der Waals surface area contributed by atoms with Crippen molar-refractivity contribution in [2.45, 2.75) is 6.61 Å². The van der Waals surface area contributed by atoms with E-state index < -0.39 is 17.9 Å². The molecule has 0 aromatic heterocycles. The fourth-order valence-electron chi connectivity index (χ4n) is 2.32. The highest BCUT2D eigenvalue weighted by Crippen LogP contribution is 2.27. The molecule has 0 unspecified atom stereocenters. The fraction of sp³-hybridized carbons (Fsp3) is 0.0556. The number of carboxylic acids is 1. The summed E-state index contributed by atoms with van der Waals surface area (Å²) in [5.74, 6) is -1.38. The normalized spacial score (nSPS) is 14.9. The summed E-state index contributed by atoms with van der Waals surface area (Å²) >= 11 is 6.18. The van der Waals surface area contributed by atoms with Crippen molar-refractivity contribution in [2.75, 3.05) is 0 Å². The van der Waals surface area contributed by atoms with Crippen LogP contribution in [0.4, 0.5) is 4.79 Å². The van der Waals surface area contributed by atoms with Crippen molar-refractivity contribution < 1.29 is 24.2 Å². The van der Waals surface area contributed by atoms with E-state index in [-0.39, 0.29) is 17.9 Å². The zero-order valence-electron chi connectivity index (χ0n) is 13.2. The molecule has 26 heavy (non-hydrogen) atoms. The van der Waals surface area contributed by atoms with Crippen LogP contribution in [0.2, 0.25) is 5.02 Å². The standard InChI is InChI=1S/C18H13ClN2O5/c19-13-7-10(8-14-16(22)21-18(25)20-14)4-5-15(13)26-9-11-2-1-3-12(6-11)17(23)24/h1-8H,9H2,(H,23,24)(H2,20,21,22,25)/p-1/b14-8-. The van der Waals surface area contributed by atoms with Gasteiger partial charge in [-0.3, -0.25) is 10.1 Å². The van der Waals surface area contributed by atoms with Crippen LogP contribution in [0.1, 0.15) is 21.5 Å². The molecule has 1 fully saturated rings. The first-order valence-corrected chi connectivity index (χ1v) is 7.87. The Bertz CT molecular complexity index is 939. The molecule has 0 saturated carbocycles. The van der Waals surface area contributed by atoms with E-state index in [1.807, 2.05) is 0 Å². The van der Waals surface area contributed by atoms with E-state index in [0.717, 1.165) is 0 Å². The lowest BCUT2D eigenvalue weighted by Gasteiger charge is -2.10. The number of carbonyl (C=O) groups excluding carboxylic acids is 3. The van der Waals surface area contributed by atoms with Gasteiger partial charge in [-0.05, 0) is 41.0 Å². The molecular formula is C18H12ClN2O5-. The van der Waals surface area contributed by atoms with Crippen molar-refractivity contribution in [3.8, 4) is 5.75 Å². The Balaban J connectivity index is 1.71. The molecule has 0 radical (unpaired) electrons. The van der Waals surface area contributed by atoms with E-state index in [4.69, 9.17) is 16.3 Å². The Hall–Kier alpha value is -3.32. The SMILES string of the molecule is O=C1NC(=O)/C(=C/c2ccc(OCc3cccc(C(=O)[O-])c3)c(Cl)c2)N1. The van der Waals surface area contributed by atoms with Crippen LogP contribution in [0.15, 0.2) is 48.2 Å². The molecule has 2 aromatic carbocycles. The highest BCUT2D eigenvalue weighted by molar-refractivity contribution is 6.32. The Morgan fingerprint density at radius 2 is 1.96 bits per heavy atom. The van der Waals surface area contributed by atoms with E-state index in [2.05, 4.69) is 10.6 Å². The molecule has 132 valence electrons. The maximum Gasteiger partial charge on any atom is 0.326 e. The van der Waals surface area contributed by atoms with Gasteiger partial charge in [0.25, 0.3) is 5.91 Å². The predicted molar refractivity (Wildman–Crippen MR) is 91.2 cm³/mol. The lowest BCUT2D eigenvalue weighted by Crippen LogP contribution is -2.22. The first-order chi connectivity index (χ1) is 12.4. The molecule has 0 atom stereocenters. The molecule has 3 amide bonds. The van der Waals surface area contributed by atoms with Gasteiger partial charge in [-0.2, -0.15) is 0 Å². The van der Waals surface area contributed by atoms with Crippen LogP contribution in [-0.4, -0.2) is 17.9 Å². The third-order valence-corrected chi connectivity index (χ3v) is 3.84. The minimum absolute atomic E-state index is 0.0658. The molecule has 1 aliphatic heterocycles. The number of imide groups is 1. The molecule has 7 nitrogen and oxygen atoms in total. The fourth-order valence-corrected chi connectivity index (χ4v) is 2.57. The summed E-state index contributed by atoms with van der Waals surface area (Å²) in [4.78, 5) is 33.5. The zero-order chi connectivity index (χ0) is 18.7.